The molecule has 0 radical (unpaired) electrons. The number of rotatable bonds is 4. The van der Waals surface area contributed by atoms with E-state index < -0.39 is 0 Å². The summed E-state index contributed by atoms with van der Waals surface area (Å²) in [5.74, 6) is 0.883. The Morgan fingerprint density at radius 1 is 0.711 bits per heavy atom. The van der Waals surface area contributed by atoms with E-state index in [2.05, 4.69) is 124 Å². The standard InChI is InChI=1S/C40H34N3O.Pt/c1-25-22-33-26(2)20-21-41-37(33)34(23-25)28-11-8-10-27(24-28)31-13-9-14-35-38(31)42-39(32-12-6-7-15-36(32)44)43(35)30-18-16-29(17-19-30)40(3,4)5;/h6-23,44H,1-5H3;/q-1;. The number of aryl methyl sites for hydroxylation is 2. The number of phenols is 1. The molecule has 45 heavy (non-hydrogen) atoms. The van der Waals surface area contributed by atoms with Gasteiger partial charge in [-0.1, -0.05) is 86.0 Å². The van der Waals surface area contributed by atoms with Crippen molar-refractivity contribution < 1.29 is 26.2 Å². The zero-order valence-electron chi connectivity index (χ0n) is 26.0. The van der Waals surface area contributed by atoms with Crippen molar-refractivity contribution >= 4 is 21.9 Å². The van der Waals surface area contributed by atoms with Crippen molar-refractivity contribution in [3.8, 4) is 45.1 Å². The molecule has 0 atom stereocenters. The molecule has 0 saturated carbocycles. The fourth-order valence-corrected chi connectivity index (χ4v) is 6.05. The third-order valence-electron chi connectivity index (χ3n) is 8.40. The van der Waals surface area contributed by atoms with Gasteiger partial charge in [-0.05, 0) is 72.2 Å². The van der Waals surface area contributed by atoms with Gasteiger partial charge >= 0.3 is 0 Å². The van der Waals surface area contributed by atoms with Gasteiger partial charge in [-0.3, -0.25) is 9.55 Å². The first-order chi connectivity index (χ1) is 21.2. The molecule has 7 aromatic rings. The molecular weight excluding hydrogens is 734 g/mol. The van der Waals surface area contributed by atoms with Crippen LogP contribution in [0, 0.1) is 19.9 Å². The van der Waals surface area contributed by atoms with Crippen LogP contribution < -0.4 is 0 Å². The van der Waals surface area contributed by atoms with Gasteiger partial charge in [0.05, 0.1) is 16.6 Å². The Hall–Kier alpha value is -4.53. The fourth-order valence-electron chi connectivity index (χ4n) is 6.05. The Labute approximate surface area is 278 Å². The smallest absolute Gasteiger partial charge is 0.148 e. The predicted molar refractivity (Wildman–Crippen MR) is 181 cm³/mol. The van der Waals surface area contributed by atoms with Crippen LogP contribution in [0.1, 0.15) is 37.5 Å². The number of aromatic nitrogens is 3. The molecule has 0 fully saturated rings. The normalized spacial score (nSPS) is 11.6. The maximum absolute atomic E-state index is 10.9. The second kappa shape index (κ2) is 11.8. The summed E-state index contributed by atoms with van der Waals surface area (Å²) in [5, 5.41) is 12.1. The van der Waals surface area contributed by atoms with E-state index in [4.69, 9.17) is 9.97 Å². The minimum atomic E-state index is 0. The van der Waals surface area contributed by atoms with E-state index in [1.165, 1.54) is 16.7 Å². The molecule has 0 bridgehead atoms. The van der Waals surface area contributed by atoms with Gasteiger partial charge in [0.2, 0.25) is 0 Å². The van der Waals surface area contributed by atoms with Crippen LogP contribution in [0.4, 0.5) is 0 Å². The second-order valence-electron chi connectivity index (χ2n) is 12.6. The number of hydrogen-bond acceptors (Lipinski definition) is 3. The predicted octanol–water partition coefficient (Wildman–Crippen LogP) is 9.99. The van der Waals surface area contributed by atoms with Gasteiger partial charge in [0.15, 0.2) is 0 Å². The van der Waals surface area contributed by atoms with Crippen LogP contribution in [0.3, 0.4) is 0 Å². The van der Waals surface area contributed by atoms with Crippen LogP contribution in [0.15, 0.2) is 109 Å². The van der Waals surface area contributed by atoms with Crippen LogP contribution in [-0.2, 0) is 26.5 Å². The molecule has 4 nitrogen and oxygen atoms in total. The molecule has 0 saturated heterocycles. The number of hydrogen-bond donors (Lipinski definition) is 1. The average Bonchev–Trinajstić information content (AvgIpc) is 3.41. The van der Waals surface area contributed by atoms with Crippen LogP contribution in [0.25, 0.3) is 61.3 Å². The zero-order chi connectivity index (χ0) is 30.6. The summed E-state index contributed by atoms with van der Waals surface area (Å²) in [6, 6.07) is 38.7. The van der Waals surface area contributed by atoms with Gasteiger partial charge in [0.25, 0.3) is 0 Å². The van der Waals surface area contributed by atoms with Gasteiger partial charge in [-0.15, -0.1) is 35.4 Å². The fraction of sp³-hybridized carbons (Fsp3) is 0.150. The molecule has 226 valence electrons. The first kappa shape index (κ1) is 30.5. The van der Waals surface area contributed by atoms with E-state index in [0.29, 0.717) is 11.4 Å². The van der Waals surface area contributed by atoms with Gasteiger partial charge in [-0.2, -0.15) is 0 Å². The molecule has 5 aromatic carbocycles. The Bertz CT molecular complexity index is 2190. The molecule has 2 heterocycles. The molecule has 2 aromatic heterocycles. The second-order valence-corrected chi connectivity index (χ2v) is 12.6. The van der Waals surface area contributed by atoms with E-state index in [1.54, 1.807) is 6.07 Å². The van der Waals surface area contributed by atoms with Crippen LogP contribution in [0.2, 0.25) is 0 Å². The molecule has 7 rings (SSSR count). The van der Waals surface area contributed by atoms with Crippen LogP contribution >= 0.6 is 0 Å². The summed E-state index contributed by atoms with van der Waals surface area (Å²) in [7, 11) is 0. The number of aromatic hydroxyl groups is 1. The first-order valence-electron chi connectivity index (χ1n) is 15.0. The molecule has 0 spiro atoms. The molecule has 5 heteroatoms. The van der Waals surface area contributed by atoms with Crippen molar-refractivity contribution in [3.05, 3.63) is 132 Å². The summed E-state index contributed by atoms with van der Waals surface area (Å²) in [4.78, 5) is 9.98. The number of imidazole rings is 1. The zero-order valence-corrected chi connectivity index (χ0v) is 28.3. The average molecular weight is 768 g/mol. The van der Waals surface area contributed by atoms with Crippen molar-refractivity contribution in [2.75, 3.05) is 0 Å². The number of benzene rings is 5. The van der Waals surface area contributed by atoms with E-state index >= 15 is 0 Å². The summed E-state index contributed by atoms with van der Waals surface area (Å²) in [6.07, 6.45) is 1.88. The first-order valence-corrected chi connectivity index (χ1v) is 15.0. The summed E-state index contributed by atoms with van der Waals surface area (Å²) in [6.45, 7) is 10.9. The van der Waals surface area contributed by atoms with E-state index in [-0.39, 0.29) is 32.2 Å². The third kappa shape index (κ3) is 5.49. The van der Waals surface area contributed by atoms with E-state index in [9.17, 15) is 5.11 Å². The van der Waals surface area contributed by atoms with E-state index in [1.807, 2.05) is 24.4 Å². The molecule has 0 aliphatic rings. The van der Waals surface area contributed by atoms with Crippen molar-refractivity contribution in [3.63, 3.8) is 0 Å². The summed E-state index contributed by atoms with van der Waals surface area (Å²) < 4.78 is 2.14. The molecule has 0 amide bonds. The Morgan fingerprint density at radius 2 is 1.40 bits per heavy atom. The van der Waals surface area contributed by atoms with Crippen LogP contribution in [-0.4, -0.2) is 19.6 Å². The minimum Gasteiger partial charge on any atom is -0.507 e. The van der Waals surface area contributed by atoms with Gasteiger partial charge in [0, 0.05) is 38.5 Å². The monoisotopic (exact) mass is 767 g/mol. The number of nitrogens with zero attached hydrogens (tertiary/aromatic N) is 3. The Balaban J connectivity index is 0.00000357. The van der Waals surface area contributed by atoms with Crippen molar-refractivity contribution in [2.24, 2.45) is 0 Å². The van der Waals surface area contributed by atoms with Crippen molar-refractivity contribution in [1.29, 1.82) is 0 Å². The summed E-state index contributed by atoms with van der Waals surface area (Å²) >= 11 is 0. The largest absolute Gasteiger partial charge is 0.507 e. The maximum atomic E-state index is 10.9. The van der Waals surface area contributed by atoms with Gasteiger partial charge in [0.1, 0.15) is 11.6 Å². The van der Waals surface area contributed by atoms with Gasteiger partial charge < -0.3 is 5.11 Å². The molecule has 0 aliphatic heterocycles. The molecule has 1 N–H and O–H groups in total. The SMILES string of the molecule is Cc1cc(-c2[c-]c(-c3cccc4c3nc(-c3ccccc3O)n4-c3ccc(C(C)(C)C)cc3)ccc2)c2nccc(C)c2c1.[Pt]. The number of pyridine rings is 1. The van der Waals surface area contributed by atoms with Crippen molar-refractivity contribution in [2.45, 2.75) is 40.0 Å². The van der Waals surface area contributed by atoms with E-state index in [0.717, 1.165) is 49.9 Å². The number of phenolic OH excluding ortho intramolecular Hbond substituents is 1. The van der Waals surface area contributed by atoms with Crippen LogP contribution in [0.5, 0.6) is 5.75 Å². The quantitative estimate of drug-likeness (QED) is 0.182. The summed E-state index contributed by atoms with van der Waals surface area (Å²) in [5.41, 5.74) is 12.1. The van der Waals surface area contributed by atoms with Gasteiger partial charge in [-0.25, -0.2) is 4.98 Å². The maximum Gasteiger partial charge on any atom is 0.148 e. The molecular formula is C40H34N3OPt-. The topological polar surface area (TPSA) is 50.9 Å². The molecule has 0 aliphatic carbocycles. The molecule has 0 unspecified atom stereocenters. The number of para-hydroxylation sites is 2. The minimum absolute atomic E-state index is 0. The van der Waals surface area contributed by atoms with Crippen molar-refractivity contribution in [1.82, 2.24) is 14.5 Å². The Morgan fingerprint density at radius 3 is 2.13 bits per heavy atom. The Kier molecular flexibility index (Phi) is 7.97. The third-order valence-corrected chi connectivity index (χ3v) is 8.40. The number of fused-ring (bicyclic) bond motifs is 2.